The first kappa shape index (κ1) is 20.4. The Morgan fingerprint density at radius 1 is 1.33 bits per heavy atom. The number of benzene rings is 2. The number of ether oxygens (including phenoxy) is 2. The molecule has 158 valence electrons. The maximum atomic E-state index is 13.4. The van der Waals surface area contributed by atoms with Gasteiger partial charge in [0.2, 0.25) is 0 Å². The summed E-state index contributed by atoms with van der Waals surface area (Å²) in [5.41, 5.74) is 2.02. The number of hydrogen-bond donors (Lipinski definition) is 2. The van der Waals surface area contributed by atoms with E-state index in [9.17, 15) is 19.1 Å². The van der Waals surface area contributed by atoms with Gasteiger partial charge in [0.1, 0.15) is 11.6 Å². The van der Waals surface area contributed by atoms with Gasteiger partial charge in [-0.15, -0.1) is 0 Å². The average Bonchev–Trinajstić information content (AvgIpc) is 3.00. The van der Waals surface area contributed by atoms with Gasteiger partial charge in [-0.05, 0) is 60.4 Å². The molecule has 0 unspecified atom stereocenters. The zero-order valence-electron chi connectivity index (χ0n) is 16.0. The van der Waals surface area contributed by atoms with Gasteiger partial charge in [0.15, 0.2) is 0 Å². The van der Waals surface area contributed by atoms with Crippen LogP contribution in [-0.2, 0) is 22.5 Å². The summed E-state index contributed by atoms with van der Waals surface area (Å²) in [6.45, 7) is 0.788. The van der Waals surface area contributed by atoms with Crippen molar-refractivity contribution < 1.29 is 28.6 Å². The fraction of sp³-hybridized carbons (Fsp3) is 0.333. The standard InChI is InChI=1S/C21H20ClFN2O5/c22-15-8-13(9-16(23)11-15)12-24-20(27)30-21(28)5-6-25(19(21)26)17-3-4-18-14(10-17)2-1-7-29-18/h3-4,8-11,28H,1-2,5-7,12H2,(H,24,27)/t21-/m1/s1. The maximum absolute atomic E-state index is 13.4. The second-order valence-corrected chi connectivity index (χ2v) is 7.69. The fourth-order valence-corrected chi connectivity index (χ4v) is 3.86. The van der Waals surface area contributed by atoms with E-state index in [-0.39, 0.29) is 24.5 Å². The number of hydrogen-bond acceptors (Lipinski definition) is 5. The molecule has 2 heterocycles. The maximum Gasteiger partial charge on any atom is 0.410 e. The van der Waals surface area contributed by atoms with Crippen LogP contribution in [0.25, 0.3) is 0 Å². The molecular formula is C21H20ClFN2O5. The molecule has 2 aliphatic heterocycles. The predicted molar refractivity (Wildman–Crippen MR) is 107 cm³/mol. The molecule has 0 saturated carbocycles. The zero-order valence-corrected chi connectivity index (χ0v) is 16.7. The van der Waals surface area contributed by atoms with Gasteiger partial charge in [-0.1, -0.05) is 11.6 Å². The normalized spacial score (nSPS) is 20.5. The largest absolute Gasteiger partial charge is 0.493 e. The summed E-state index contributed by atoms with van der Waals surface area (Å²) in [6.07, 6.45) is 0.678. The Morgan fingerprint density at radius 3 is 2.97 bits per heavy atom. The predicted octanol–water partition coefficient (Wildman–Crippen LogP) is 3.16. The van der Waals surface area contributed by atoms with Crippen molar-refractivity contribution >= 4 is 29.3 Å². The molecule has 1 saturated heterocycles. The van der Waals surface area contributed by atoms with Crippen molar-refractivity contribution in [3.05, 3.63) is 58.4 Å². The highest BCUT2D eigenvalue weighted by Crippen LogP contribution is 2.34. The van der Waals surface area contributed by atoms with Gasteiger partial charge < -0.3 is 24.8 Å². The van der Waals surface area contributed by atoms with E-state index in [1.807, 2.05) is 6.07 Å². The minimum Gasteiger partial charge on any atom is -0.493 e. The third kappa shape index (κ3) is 4.20. The molecule has 0 aromatic heterocycles. The van der Waals surface area contributed by atoms with Crippen LogP contribution in [0.2, 0.25) is 5.02 Å². The van der Waals surface area contributed by atoms with Gasteiger partial charge in [0, 0.05) is 30.2 Å². The lowest BCUT2D eigenvalue weighted by molar-refractivity contribution is -0.175. The summed E-state index contributed by atoms with van der Waals surface area (Å²) in [6, 6.07) is 9.23. The molecule has 0 aliphatic carbocycles. The zero-order chi connectivity index (χ0) is 21.3. The second-order valence-electron chi connectivity index (χ2n) is 7.26. The molecule has 2 N–H and O–H groups in total. The molecule has 0 spiro atoms. The summed E-state index contributed by atoms with van der Waals surface area (Å²) < 4.78 is 24.0. The minimum atomic E-state index is -2.27. The van der Waals surface area contributed by atoms with E-state index in [4.69, 9.17) is 21.1 Å². The highest BCUT2D eigenvalue weighted by atomic mass is 35.5. The quantitative estimate of drug-likeness (QED) is 0.722. The molecule has 0 bridgehead atoms. The van der Waals surface area contributed by atoms with E-state index < -0.39 is 23.6 Å². The molecule has 7 nitrogen and oxygen atoms in total. The van der Waals surface area contributed by atoms with Crippen LogP contribution < -0.4 is 15.0 Å². The number of alkyl carbamates (subject to hydrolysis) is 1. The first-order valence-corrected chi connectivity index (χ1v) is 9.94. The fourth-order valence-electron chi connectivity index (χ4n) is 3.62. The molecule has 1 fully saturated rings. The van der Waals surface area contributed by atoms with Gasteiger partial charge in [0.05, 0.1) is 6.61 Å². The van der Waals surface area contributed by atoms with Crippen LogP contribution in [-0.4, -0.2) is 36.0 Å². The van der Waals surface area contributed by atoms with Gasteiger partial charge in [-0.3, -0.25) is 4.79 Å². The Kier molecular flexibility index (Phi) is 5.53. The summed E-state index contributed by atoms with van der Waals surface area (Å²) in [4.78, 5) is 26.3. The number of nitrogens with zero attached hydrogens (tertiary/aromatic N) is 1. The molecule has 2 aliphatic rings. The molecule has 2 aromatic carbocycles. The smallest absolute Gasteiger partial charge is 0.410 e. The van der Waals surface area contributed by atoms with Crippen LogP contribution in [0, 0.1) is 5.82 Å². The number of carbonyl (C=O) groups is 2. The van der Waals surface area contributed by atoms with E-state index in [1.54, 1.807) is 12.1 Å². The van der Waals surface area contributed by atoms with E-state index in [0.29, 0.717) is 17.9 Å². The third-order valence-corrected chi connectivity index (χ3v) is 5.30. The molecule has 0 radical (unpaired) electrons. The summed E-state index contributed by atoms with van der Waals surface area (Å²) >= 11 is 5.78. The first-order chi connectivity index (χ1) is 14.3. The Balaban J connectivity index is 1.40. The SMILES string of the molecule is O=C(NCc1cc(F)cc(Cl)c1)O[C@]1(O)CCN(c2ccc3c(c2)CCCO3)C1=O. The summed E-state index contributed by atoms with van der Waals surface area (Å²) in [5.74, 6) is -2.73. The molecule has 2 amide bonds. The summed E-state index contributed by atoms with van der Waals surface area (Å²) in [5, 5.41) is 13.2. The molecule has 2 aromatic rings. The van der Waals surface area contributed by atoms with Crippen molar-refractivity contribution in [1.29, 1.82) is 0 Å². The highest BCUT2D eigenvalue weighted by molar-refractivity contribution is 6.30. The molecule has 30 heavy (non-hydrogen) atoms. The van der Waals surface area contributed by atoms with Crippen molar-refractivity contribution in [3.63, 3.8) is 0 Å². The van der Waals surface area contributed by atoms with E-state index in [1.165, 1.54) is 17.0 Å². The Morgan fingerprint density at radius 2 is 2.17 bits per heavy atom. The average molecular weight is 435 g/mol. The van der Waals surface area contributed by atoms with Crippen LogP contribution in [0.1, 0.15) is 24.0 Å². The van der Waals surface area contributed by atoms with Gasteiger partial charge in [-0.2, -0.15) is 0 Å². The lowest BCUT2D eigenvalue weighted by Crippen LogP contribution is -2.46. The number of nitrogens with one attached hydrogen (secondary N) is 1. The van der Waals surface area contributed by atoms with E-state index in [2.05, 4.69) is 5.32 Å². The minimum absolute atomic E-state index is 0.0708. The van der Waals surface area contributed by atoms with Crippen molar-refractivity contribution in [3.8, 4) is 5.75 Å². The third-order valence-electron chi connectivity index (χ3n) is 5.08. The number of aliphatic hydroxyl groups is 1. The van der Waals surface area contributed by atoms with Crippen LogP contribution in [0.15, 0.2) is 36.4 Å². The molecule has 4 rings (SSSR count). The highest BCUT2D eigenvalue weighted by Gasteiger charge is 2.49. The first-order valence-electron chi connectivity index (χ1n) is 9.56. The van der Waals surface area contributed by atoms with Crippen LogP contribution in [0.5, 0.6) is 5.75 Å². The van der Waals surface area contributed by atoms with Crippen molar-refractivity contribution in [2.75, 3.05) is 18.1 Å². The van der Waals surface area contributed by atoms with Crippen molar-refractivity contribution in [2.45, 2.75) is 31.6 Å². The van der Waals surface area contributed by atoms with Gasteiger partial charge in [0.25, 0.3) is 11.7 Å². The monoisotopic (exact) mass is 434 g/mol. The van der Waals surface area contributed by atoms with Crippen molar-refractivity contribution in [2.24, 2.45) is 0 Å². The number of aryl methyl sites for hydroxylation is 1. The van der Waals surface area contributed by atoms with Crippen LogP contribution >= 0.6 is 11.6 Å². The molecular weight excluding hydrogens is 415 g/mol. The lowest BCUT2D eigenvalue weighted by atomic mass is 10.1. The Labute approximate surface area is 177 Å². The molecule has 1 atom stereocenters. The number of carbonyl (C=O) groups excluding carboxylic acids is 2. The number of anilines is 1. The van der Waals surface area contributed by atoms with Gasteiger partial charge >= 0.3 is 6.09 Å². The van der Waals surface area contributed by atoms with Crippen molar-refractivity contribution in [1.82, 2.24) is 5.32 Å². The van der Waals surface area contributed by atoms with Crippen LogP contribution in [0.3, 0.4) is 0 Å². The van der Waals surface area contributed by atoms with E-state index >= 15 is 0 Å². The second kappa shape index (κ2) is 8.12. The lowest BCUT2D eigenvalue weighted by Gasteiger charge is -2.24. The summed E-state index contributed by atoms with van der Waals surface area (Å²) in [7, 11) is 0. The Hall–Kier alpha value is -2.84. The van der Waals surface area contributed by atoms with E-state index in [0.717, 1.165) is 30.2 Å². The van der Waals surface area contributed by atoms with Crippen LogP contribution in [0.4, 0.5) is 14.9 Å². The topological polar surface area (TPSA) is 88.1 Å². The van der Waals surface area contributed by atoms with Gasteiger partial charge in [-0.25, -0.2) is 9.18 Å². The number of halogens is 2. The Bertz CT molecular complexity index is 981. The molecule has 9 heteroatoms. The number of fused-ring (bicyclic) bond motifs is 1. The number of rotatable bonds is 4. The number of amides is 2.